The van der Waals surface area contributed by atoms with Crippen LogP contribution >= 0.6 is 0 Å². The molecule has 19 heavy (non-hydrogen) atoms. The van der Waals surface area contributed by atoms with Gasteiger partial charge in [-0.2, -0.15) is 0 Å². The normalized spacial score (nSPS) is 19.5. The van der Waals surface area contributed by atoms with Crippen molar-refractivity contribution in [2.45, 2.75) is 45.7 Å². The van der Waals surface area contributed by atoms with Crippen LogP contribution in [-0.4, -0.2) is 55.2 Å². The first-order valence-electron chi connectivity index (χ1n) is 7.18. The topological polar surface area (TPSA) is 67.6 Å². The van der Waals surface area contributed by atoms with Crippen molar-refractivity contribution in [3.05, 3.63) is 0 Å². The number of hydrogen-bond donors (Lipinski definition) is 2. The third-order valence-corrected chi connectivity index (χ3v) is 3.86. The molecular weight excluding hydrogens is 242 g/mol. The van der Waals surface area contributed by atoms with Crippen molar-refractivity contribution in [1.29, 1.82) is 0 Å². The van der Waals surface area contributed by atoms with E-state index in [2.05, 4.69) is 24.1 Å². The lowest BCUT2D eigenvalue weighted by Crippen LogP contribution is -2.55. The van der Waals surface area contributed by atoms with Gasteiger partial charge in [0.05, 0.1) is 13.2 Å². The second kappa shape index (κ2) is 7.22. The van der Waals surface area contributed by atoms with Gasteiger partial charge in [0.25, 0.3) is 0 Å². The van der Waals surface area contributed by atoms with E-state index in [0.717, 1.165) is 26.3 Å². The molecular formula is C14H29N3O2. The molecule has 5 nitrogen and oxygen atoms in total. The van der Waals surface area contributed by atoms with Crippen molar-refractivity contribution in [2.24, 2.45) is 11.7 Å². The molecule has 1 aliphatic rings. The average Bonchev–Trinajstić information content (AvgIpc) is 2.37. The first-order valence-corrected chi connectivity index (χ1v) is 7.18. The molecule has 1 saturated heterocycles. The summed E-state index contributed by atoms with van der Waals surface area (Å²) in [6, 6.07) is -0.0634. The first-order chi connectivity index (χ1) is 8.83. The SMILES string of the molecule is CC(C)C(N)CC(=O)NCC(C)(C)N1CCOCC1. The fourth-order valence-corrected chi connectivity index (χ4v) is 2.12. The highest BCUT2D eigenvalue weighted by atomic mass is 16.5. The van der Waals surface area contributed by atoms with Crippen LogP contribution in [-0.2, 0) is 9.53 Å². The van der Waals surface area contributed by atoms with E-state index in [1.807, 2.05) is 13.8 Å². The molecule has 3 N–H and O–H groups in total. The van der Waals surface area contributed by atoms with E-state index in [0.29, 0.717) is 18.9 Å². The lowest BCUT2D eigenvalue weighted by molar-refractivity contribution is -0.122. The van der Waals surface area contributed by atoms with Gasteiger partial charge in [0.2, 0.25) is 5.91 Å². The van der Waals surface area contributed by atoms with Crippen molar-refractivity contribution >= 4 is 5.91 Å². The third-order valence-electron chi connectivity index (χ3n) is 3.86. The molecule has 1 fully saturated rings. The summed E-state index contributed by atoms with van der Waals surface area (Å²) in [5, 5.41) is 3.00. The maximum atomic E-state index is 11.9. The highest BCUT2D eigenvalue weighted by molar-refractivity contribution is 5.76. The Labute approximate surface area is 116 Å². The van der Waals surface area contributed by atoms with Crippen LogP contribution in [0.4, 0.5) is 0 Å². The summed E-state index contributed by atoms with van der Waals surface area (Å²) in [5.74, 6) is 0.375. The molecule has 1 amide bonds. The molecule has 1 aliphatic heterocycles. The van der Waals surface area contributed by atoms with E-state index < -0.39 is 0 Å². The number of amides is 1. The van der Waals surface area contributed by atoms with Gasteiger partial charge in [-0.25, -0.2) is 0 Å². The smallest absolute Gasteiger partial charge is 0.221 e. The summed E-state index contributed by atoms with van der Waals surface area (Å²) in [7, 11) is 0. The zero-order chi connectivity index (χ0) is 14.5. The standard InChI is InChI=1S/C14H29N3O2/c1-11(2)12(15)9-13(18)16-10-14(3,4)17-5-7-19-8-6-17/h11-12H,5-10,15H2,1-4H3,(H,16,18). The van der Waals surface area contributed by atoms with Gasteiger partial charge in [-0.1, -0.05) is 13.8 Å². The Balaban J connectivity index is 2.35. The Morgan fingerprint density at radius 2 is 1.95 bits per heavy atom. The number of morpholine rings is 1. The third kappa shape index (κ3) is 5.47. The fourth-order valence-electron chi connectivity index (χ4n) is 2.12. The summed E-state index contributed by atoms with van der Waals surface area (Å²) < 4.78 is 5.35. The first kappa shape index (κ1) is 16.4. The van der Waals surface area contributed by atoms with E-state index in [4.69, 9.17) is 10.5 Å². The van der Waals surface area contributed by atoms with Gasteiger partial charge in [-0.05, 0) is 19.8 Å². The molecule has 0 saturated carbocycles. The van der Waals surface area contributed by atoms with Gasteiger partial charge in [0.15, 0.2) is 0 Å². The fraction of sp³-hybridized carbons (Fsp3) is 0.929. The lowest BCUT2D eigenvalue weighted by Gasteiger charge is -2.40. The molecule has 0 bridgehead atoms. The minimum absolute atomic E-state index is 0.0403. The zero-order valence-corrected chi connectivity index (χ0v) is 12.7. The summed E-state index contributed by atoms with van der Waals surface area (Å²) in [5.41, 5.74) is 5.87. The Kier molecular flexibility index (Phi) is 6.23. The summed E-state index contributed by atoms with van der Waals surface area (Å²) in [6.45, 7) is 12.4. The van der Waals surface area contributed by atoms with Gasteiger partial charge >= 0.3 is 0 Å². The lowest BCUT2D eigenvalue weighted by atomic mass is 10.00. The van der Waals surface area contributed by atoms with Crippen molar-refractivity contribution < 1.29 is 9.53 Å². The van der Waals surface area contributed by atoms with Gasteiger partial charge in [-0.3, -0.25) is 9.69 Å². The highest BCUT2D eigenvalue weighted by Crippen LogP contribution is 2.15. The van der Waals surface area contributed by atoms with Crippen LogP contribution in [0.15, 0.2) is 0 Å². The van der Waals surface area contributed by atoms with Crippen molar-refractivity contribution in [2.75, 3.05) is 32.8 Å². The van der Waals surface area contributed by atoms with Gasteiger partial charge in [-0.15, -0.1) is 0 Å². The highest BCUT2D eigenvalue weighted by Gasteiger charge is 2.28. The predicted octanol–water partition coefficient (Wildman–Crippen LogP) is 0.587. The van der Waals surface area contributed by atoms with Gasteiger partial charge < -0.3 is 15.8 Å². The summed E-state index contributed by atoms with van der Waals surface area (Å²) in [4.78, 5) is 14.2. The summed E-state index contributed by atoms with van der Waals surface area (Å²) in [6.07, 6.45) is 0.400. The molecule has 0 aromatic heterocycles. The maximum absolute atomic E-state index is 11.9. The monoisotopic (exact) mass is 271 g/mol. The predicted molar refractivity (Wildman–Crippen MR) is 76.9 cm³/mol. The number of hydrogen-bond acceptors (Lipinski definition) is 4. The number of nitrogens with zero attached hydrogens (tertiary/aromatic N) is 1. The molecule has 112 valence electrons. The van der Waals surface area contributed by atoms with Crippen LogP contribution in [0.3, 0.4) is 0 Å². The minimum atomic E-state index is -0.0634. The number of nitrogens with one attached hydrogen (secondary N) is 1. The van der Waals surface area contributed by atoms with Gasteiger partial charge in [0.1, 0.15) is 0 Å². The second-order valence-electron chi connectivity index (χ2n) is 6.30. The van der Waals surface area contributed by atoms with Crippen LogP contribution in [0.25, 0.3) is 0 Å². The molecule has 1 heterocycles. The zero-order valence-electron chi connectivity index (χ0n) is 12.7. The minimum Gasteiger partial charge on any atom is -0.379 e. The molecule has 1 unspecified atom stereocenters. The number of ether oxygens (including phenoxy) is 1. The average molecular weight is 271 g/mol. The van der Waals surface area contributed by atoms with Crippen molar-refractivity contribution in [1.82, 2.24) is 10.2 Å². The molecule has 1 rings (SSSR count). The molecule has 0 aliphatic carbocycles. The Bertz CT molecular complexity index is 286. The largest absolute Gasteiger partial charge is 0.379 e. The molecule has 0 radical (unpaired) electrons. The van der Waals surface area contributed by atoms with E-state index in [1.54, 1.807) is 0 Å². The van der Waals surface area contributed by atoms with Crippen LogP contribution in [0.5, 0.6) is 0 Å². The van der Waals surface area contributed by atoms with Crippen LogP contribution in [0.1, 0.15) is 34.1 Å². The number of carbonyl (C=O) groups excluding carboxylic acids is 1. The van der Waals surface area contributed by atoms with Crippen LogP contribution < -0.4 is 11.1 Å². The van der Waals surface area contributed by atoms with Crippen molar-refractivity contribution in [3.63, 3.8) is 0 Å². The number of nitrogens with two attached hydrogens (primary N) is 1. The Hall–Kier alpha value is -0.650. The number of rotatable bonds is 6. The molecule has 0 spiro atoms. The van der Waals surface area contributed by atoms with E-state index in [1.165, 1.54) is 0 Å². The van der Waals surface area contributed by atoms with Gasteiger partial charge in [0, 0.05) is 37.6 Å². The van der Waals surface area contributed by atoms with E-state index in [-0.39, 0.29) is 17.5 Å². The second-order valence-corrected chi connectivity index (χ2v) is 6.30. The molecule has 0 aromatic rings. The van der Waals surface area contributed by atoms with E-state index >= 15 is 0 Å². The van der Waals surface area contributed by atoms with Crippen LogP contribution in [0, 0.1) is 5.92 Å². The molecule has 5 heteroatoms. The van der Waals surface area contributed by atoms with Crippen molar-refractivity contribution in [3.8, 4) is 0 Å². The summed E-state index contributed by atoms with van der Waals surface area (Å²) >= 11 is 0. The Morgan fingerprint density at radius 3 is 2.47 bits per heavy atom. The Morgan fingerprint density at radius 1 is 1.37 bits per heavy atom. The maximum Gasteiger partial charge on any atom is 0.221 e. The van der Waals surface area contributed by atoms with E-state index in [9.17, 15) is 4.79 Å². The number of carbonyl (C=O) groups is 1. The molecule has 1 atom stereocenters. The van der Waals surface area contributed by atoms with Crippen LogP contribution in [0.2, 0.25) is 0 Å². The molecule has 0 aromatic carbocycles. The quantitative estimate of drug-likeness (QED) is 0.742.